The van der Waals surface area contributed by atoms with Gasteiger partial charge in [-0.25, -0.2) is 14.1 Å². The lowest BCUT2D eigenvalue weighted by Gasteiger charge is -2.22. The van der Waals surface area contributed by atoms with Crippen molar-refractivity contribution in [3.05, 3.63) is 52.9 Å². The van der Waals surface area contributed by atoms with Crippen LogP contribution in [0.3, 0.4) is 0 Å². The van der Waals surface area contributed by atoms with Crippen LogP contribution in [0.1, 0.15) is 34.1 Å². The fourth-order valence-electron chi connectivity index (χ4n) is 4.17. The van der Waals surface area contributed by atoms with Crippen molar-refractivity contribution in [1.29, 1.82) is 0 Å². The first-order valence-electron chi connectivity index (χ1n) is 10.4. The highest BCUT2D eigenvalue weighted by atomic mass is 32.1. The number of aromatic nitrogens is 3. The van der Waals surface area contributed by atoms with E-state index in [1.165, 1.54) is 23.5 Å². The number of nitrogens with one attached hydrogen (secondary N) is 1. The molecule has 1 aromatic carbocycles. The van der Waals surface area contributed by atoms with E-state index < -0.39 is 11.7 Å². The molecule has 0 saturated carbocycles. The third-order valence-electron chi connectivity index (χ3n) is 5.68. The van der Waals surface area contributed by atoms with Gasteiger partial charge >= 0.3 is 0 Å². The summed E-state index contributed by atoms with van der Waals surface area (Å²) in [4.78, 5) is 30.5. The van der Waals surface area contributed by atoms with Crippen molar-refractivity contribution < 1.29 is 18.7 Å². The zero-order valence-corrected chi connectivity index (χ0v) is 19.5. The van der Waals surface area contributed by atoms with Gasteiger partial charge in [-0.3, -0.25) is 9.59 Å². The lowest BCUT2D eigenvalue weighted by atomic mass is 10.1. The zero-order valence-electron chi connectivity index (χ0n) is 18.7. The van der Waals surface area contributed by atoms with E-state index in [0.29, 0.717) is 35.6 Å². The Morgan fingerprint density at radius 2 is 2.24 bits per heavy atom. The van der Waals surface area contributed by atoms with Crippen LogP contribution in [0, 0.1) is 17.7 Å². The fourth-order valence-corrected chi connectivity index (χ4v) is 4.85. The maximum absolute atomic E-state index is 14.5. The second-order valence-electron chi connectivity index (χ2n) is 7.73. The second-order valence-corrected chi connectivity index (χ2v) is 8.61. The zero-order chi connectivity index (χ0) is 24.4. The highest BCUT2D eigenvalue weighted by Crippen LogP contribution is 2.32. The van der Waals surface area contributed by atoms with Gasteiger partial charge in [0.25, 0.3) is 5.91 Å². The normalized spacial score (nSPS) is 17.4. The van der Waals surface area contributed by atoms with Crippen molar-refractivity contribution in [2.24, 2.45) is 5.73 Å². The Balaban J connectivity index is 1.75. The van der Waals surface area contributed by atoms with Gasteiger partial charge in [0.2, 0.25) is 5.91 Å². The van der Waals surface area contributed by atoms with Crippen molar-refractivity contribution in [2.75, 3.05) is 32.6 Å². The van der Waals surface area contributed by atoms with Crippen molar-refractivity contribution in [3.8, 4) is 11.8 Å². The van der Waals surface area contributed by atoms with E-state index in [1.807, 2.05) is 0 Å². The Hall–Kier alpha value is -3.75. The molecule has 1 aliphatic heterocycles. The Morgan fingerprint density at radius 1 is 1.44 bits per heavy atom. The average molecular weight is 483 g/mol. The summed E-state index contributed by atoms with van der Waals surface area (Å²) in [5.41, 5.74) is 8.27. The van der Waals surface area contributed by atoms with E-state index in [4.69, 9.17) is 10.5 Å². The van der Waals surface area contributed by atoms with Crippen LogP contribution in [0.15, 0.2) is 30.3 Å². The predicted molar refractivity (Wildman–Crippen MR) is 127 cm³/mol. The summed E-state index contributed by atoms with van der Waals surface area (Å²) in [6.45, 7) is 4.26. The monoisotopic (exact) mass is 482 g/mol. The summed E-state index contributed by atoms with van der Waals surface area (Å²) in [5, 5.41) is 7.51. The lowest BCUT2D eigenvalue weighted by molar-refractivity contribution is -0.127. The first-order valence-corrected chi connectivity index (χ1v) is 11.3. The molecule has 0 spiro atoms. The number of carbonyl (C=O) groups is 2. The number of hydrogen-bond acceptors (Lipinski definition) is 7. The number of primary amides is 1. The van der Waals surface area contributed by atoms with Gasteiger partial charge in [-0.1, -0.05) is 12.5 Å². The molecule has 2 atom stereocenters. The number of amides is 2. The van der Waals surface area contributed by atoms with E-state index >= 15 is 0 Å². The second kappa shape index (κ2) is 9.62. The molecule has 3 heterocycles. The first kappa shape index (κ1) is 23.4. The Bertz CT molecular complexity index is 1340. The number of rotatable bonds is 6. The van der Waals surface area contributed by atoms with Crippen LogP contribution >= 0.6 is 11.3 Å². The Kier molecular flexibility index (Phi) is 6.63. The number of hydrogen-bond donors (Lipinski definition) is 2. The molecule has 1 fully saturated rings. The number of nitrogens with zero attached hydrogens (tertiary/aromatic N) is 4. The topological polar surface area (TPSA) is 115 Å². The summed E-state index contributed by atoms with van der Waals surface area (Å²) in [6, 6.07) is 2.49. The van der Waals surface area contributed by atoms with E-state index in [-0.39, 0.29) is 34.8 Å². The minimum atomic E-state index is -0.721. The molecule has 9 nitrogen and oxygen atoms in total. The summed E-state index contributed by atoms with van der Waals surface area (Å²) in [5.74, 6) is 4.50. The molecule has 2 aromatic heterocycles. The van der Waals surface area contributed by atoms with Crippen LogP contribution in [0.2, 0.25) is 0 Å². The molecule has 176 valence electrons. The van der Waals surface area contributed by atoms with Gasteiger partial charge in [-0.15, -0.1) is 11.3 Å². The minimum absolute atomic E-state index is 0.0990. The molecule has 0 bridgehead atoms. The maximum Gasteiger partial charge on any atom is 0.255 e. The summed E-state index contributed by atoms with van der Waals surface area (Å²) < 4.78 is 22.1. The van der Waals surface area contributed by atoms with Crippen LogP contribution < -0.4 is 11.1 Å². The molecule has 3 aromatic rings. The number of carbonyl (C=O) groups excluding carboxylic acids is 2. The quantitative estimate of drug-likeness (QED) is 0.411. The molecule has 1 saturated heterocycles. The standard InChI is InChI=1S/C23H23FN6O3S/c1-4-20(31)29-10-14(8-15(29)11-33-3)30-23(26-2)21(22(25)32)17(28-30)6-5-13-7-18-19(9-16(13)24)34-12-27-18/h4,7,9,12,14-15,26H,1,8,10-11H2,2-3H3,(H2,25,32)/t14?,15-/m1/s1. The van der Waals surface area contributed by atoms with Gasteiger partial charge in [0.05, 0.1) is 40.0 Å². The van der Waals surface area contributed by atoms with Gasteiger partial charge in [0, 0.05) is 20.7 Å². The van der Waals surface area contributed by atoms with E-state index in [1.54, 1.807) is 35.3 Å². The van der Waals surface area contributed by atoms with Gasteiger partial charge < -0.3 is 20.7 Å². The van der Waals surface area contributed by atoms with Crippen LogP contribution in [0.25, 0.3) is 10.2 Å². The number of anilines is 1. The smallest absolute Gasteiger partial charge is 0.255 e. The van der Waals surface area contributed by atoms with Crippen LogP contribution in [-0.2, 0) is 9.53 Å². The number of ether oxygens (including phenoxy) is 1. The Morgan fingerprint density at radius 3 is 2.91 bits per heavy atom. The SMILES string of the molecule is C=CC(=O)N1CC(n2nc(C#Cc3cc4ncsc4cc3F)c(C(N)=O)c2NC)C[C@@H]1COC. The number of methoxy groups -OCH3 is 1. The first-order chi connectivity index (χ1) is 16.4. The summed E-state index contributed by atoms with van der Waals surface area (Å²) in [6.07, 6.45) is 1.80. The molecule has 34 heavy (non-hydrogen) atoms. The number of likely N-dealkylation sites (tertiary alicyclic amines) is 1. The molecular formula is C23H23FN6O3S. The predicted octanol–water partition coefficient (Wildman–Crippen LogP) is 2.15. The van der Waals surface area contributed by atoms with Gasteiger partial charge in [0.1, 0.15) is 17.2 Å². The third kappa shape index (κ3) is 4.25. The molecule has 0 aliphatic carbocycles. The largest absolute Gasteiger partial charge is 0.383 e. The van der Waals surface area contributed by atoms with Crippen LogP contribution in [0.4, 0.5) is 10.2 Å². The van der Waals surface area contributed by atoms with Gasteiger partial charge in [-0.2, -0.15) is 5.10 Å². The number of halogens is 1. The minimum Gasteiger partial charge on any atom is -0.383 e. The van der Waals surface area contributed by atoms with Crippen LogP contribution in [0.5, 0.6) is 0 Å². The van der Waals surface area contributed by atoms with Crippen molar-refractivity contribution >= 4 is 39.2 Å². The number of benzene rings is 1. The van der Waals surface area contributed by atoms with Gasteiger partial charge in [0.15, 0.2) is 5.69 Å². The van der Waals surface area contributed by atoms with Crippen molar-refractivity contribution in [3.63, 3.8) is 0 Å². The van der Waals surface area contributed by atoms with E-state index in [2.05, 4.69) is 33.8 Å². The molecule has 11 heteroatoms. The highest BCUT2D eigenvalue weighted by molar-refractivity contribution is 7.16. The molecule has 0 radical (unpaired) electrons. The van der Waals surface area contributed by atoms with Crippen molar-refractivity contribution in [1.82, 2.24) is 19.7 Å². The molecule has 2 amide bonds. The molecule has 1 unspecified atom stereocenters. The lowest BCUT2D eigenvalue weighted by Crippen LogP contribution is -2.37. The van der Waals surface area contributed by atoms with E-state index in [0.717, 1.165) is 0 Å². The molecule has 4 rings (SSSR count). The van der Waals surface area contributed by atoms with Gasteiger partial charge in [-0.05, 0) is 30.6 Å². The van der Waals surface area contributed by atoms with E-state index in [9.17, 15) is 14.0 Å². The Labute approximate surface area is 199 Å². The average Bonchev–Trinajstić information content (AvgIpc) is 3.53. The molecule has 3 N–H and O–H groups in total. The number of fused-ring (bicyclic) bond motifs is 1. The highest BCUT2D eigenvalue weighted by Gasteiger charge is 2.37. The van der Waals surface area contributed by atoms with Crippen LogP contribution in [-0.4, -0.2) is 64.8 Å². The number of thiazole rings is 1. The summed E-state index contributed by atoms with van der Waals surface area (Å²) >= 11 is 1.33. The third-order valence-corrected chi connectivity index (χ3v) is 6.48. The summed E-state index contributed by atoms with van der Waals surface area (Å²) in [7, 11) is 3.21. The van der Waals surface area contributed by atoms with Crippen molar-refractivity contribution in [2.45, 2.75) is 18.5 Å². The molecule has 1 aliphatic rings. The maximum atomic E-state index is 14.5. The molecular weight excluding hydrogens is 459 g/mol. The number of nitrogens with two attached hydrogens (primary N) is 1. The fraction of sp³-hybridized carbons (Fsp3) is 0.304.